The van der Waals surface area contributed by atoms with Crippen LogP contribution in [0.4, 0.5) is 11.8 Å². The van der Waals surface area contributed by atoms with E-state index in [4.69, 9.17) is 32.5 Å². The monoisotopic (exact) mass is 308 g/mol. The Labute approximate surface area is 128 Å². The Balaban J connectivity index is 2.72. The van der Waals surface area contributed by atoms with E-state index in [1.54, 1.807) is 19.1 Å². The molecule has 2 aromatic rings. The number of nitrogens with zero attached hydrogens (tertiary/aromatic N) is 2. The van der Waals surface area contributed by atoms with Crippen LogP contribution in [-0.4, -0.2) is 24.2 Å². The molecule has 0 aliphatic carbocycles. The van der Waals surface area contributed by atoms with Gasteiger partial charge in [-0.3, -0.25) is 0 Å². The van der Waals surface area contributed by atoms with E-state index in [1.165, 1.54) is 14.2 Å². The van der Waals surface area contributed by atoms with E-state index >= 15 is 0 Å². The minimum Gasteiger partial charge on any atom is -0.383 e. The van der Waals surface area contributed by atoms with Crippen LogP contribution >= 0.6 is 11.6 Å². The summed E-state index contributed by atoms with van der Waals surface area (Å²) in [7, 11) is 3.03. The fraction of sp³-hybridized carbons (Fsp3) is 0.286. The number of nitrogen functional groups attached to an aromatic ring is 2. The first-order chi connectivity index (χ1) is 9.91. The van der Waals surface area contributed by atoms with Gasteiger partial charge in [0.25, 0.3) is 0 Å². The van der Waals surface area contributed by atoms with Crippen LogP contribution < -0.4 is 11.5 Å². The molecule has 1 heterocycles. The lowest BCUT2D eigenvalue weighted by Crippen LogP contribution is -2.30. The molecule has 0 saturated heterocycles. The Morgan fingerprint density at radius 1 is 1.05 bits per heavy atom. The van der Waals surface area contributed by atoms with Crippen molar-refractivity contribution in [2.45, 2.75) is 12.7 Å². The number of nitrogens with two attached hydrogens (primary N) is 2. The Morgan fingerprint density at radius 3 is 2.14 bits per heavy atom. The molecule has 0 atom stereocenters. The number of rotatable bonds is 4. The maximum Gasteiger partial charge on any atom is 0.222 e. The zero-order valence-corrected chi connectivity index (χ0v) is 12.8. The van der Waals surface area contributed by atoms with E-state index in [9.17, 15) is 0 Å². The lowest BCUT2D eigenvalue weighted by Gasteiger charge is -2.28. The lowest BCUT2D eigenvalue weighted by atomic mass is 10.00. The van der Waals surface area contributed by atoms with Crippen molar-refractivity contribution in [3.05, 3.63) is 35.0 Å². The van der Waals surface area contributed by atoms with Crippen molar-refractivity contribution < 1.29 is 9.47 Å². The van der Waals surface area contributed by atoms with Gasteiger partial charge in [0.2, 0.25) is 11.7 Å². The lowest BCUT2D eigenvalue weighted by molar-refractivity contribution is -0.204. The second kappa shape index (κ2) is 5.85. The first-order valence-electron chi connectivity index (χ1n) is 6.21. The second-order valence-electron chi connectivity index (χ2n) is 4.55. The van der Waals surface area contributed by atoms with E-state index in [1.807, 2.05) is 12.1 Å². The highest BCUT2D eigenvalue weighted by Crippen LogP contribution is 2.36. The number of hydrogen-bond donors (Lipinski definition) is 2. The van der Waals surface area contributed by atoms with Gasteiger partial charge in [0.15, 0.2) is 0 Å². The van der Waals surface area contributed by atoms with Gasteiger partial charge in [0.05, 0.1) is 5.56 Å². The van der Waals surface area contributed by atoms with E-state index in [-0.39, 0.29) is 11.8 Å². The van der Waals surface area contributed by atoms with Crippen molar-refractivity contribution in [3.8, 4) is 11.1 Å². The van der Waals surface area contributed by atoms with Crippen LogP contribution in [-0.2, 0) is 15.3 Å². The molecule has 6 nitrogen and oxygen atoms in total. The van der Waals surface area contributed by atoms with Gasteiger partial charge in [-0.25, -0.2) is 4.98 Å². The Morgan fingerprint density at radius 2 is 1.62 bits per heavy atom. The van der Waals surface area contributed by atoms with E-state index < -0.39 is 5.79 Å². The molecule has 1 aromatic heterocycles. The highest BCUT2D eigenvalue weighted by atomic mass is 35.5. The van der Waals surface area contributed by atoms with Gasteiger partial charge in [-0.05, 0) is 24.6 Å². The first kappa shape index (κ1) is 15.5. The molecule has 0 saturated carbocycles. The molecule has 0 aliphatic heterocycles. The van der Waals surface area contributed by atoms with Crippen molar-refractivity contribution in [1.29, 1.82) is 0 Å². The van der Waals surface area contributed by atoms with Crippen molar-refractivity contribution in [1.82, 2.24) is 9.97 Å². The molecule has 1 aromatic carbocycles. The van der Waals surface area contributed by atoms with Gasteiger partial charge in [0, 0.05) is 19.2 Å². The number of halogens is 1. The summed E-state index contributed by atoms with van der Waals surface area (Å²) >= 11 is 5.92. The molecule has 0 bridgehead atoms. The van der Waals surface area contributed by atoms with Crippen LogP contribution in [0.3, 0.4) is 0 Å². The minimum absolute atomic E-state index is 0.0561. The molecule has 4 N–H and O–H groups in total. The Kier molecular flexibility index (Phi) is 4.32. The third kappa shape index (κ3) is 2.92. The predicted molar refractivity (Wildman–Crippen MR) is 82.7 cm³/mol. The molecule has 0 spiro atoms. The quantitative estimate of drug-likeness (QED) is 0.842. The third-order valence-electron chi connectivity index (χ3n) is 3.30. The van der Waals surface area contributed by atoms with Crippen LogP contribution in [0.2, 0.25) is 5.02 Å². The summed E-state index contributed by atoms with van der Waals surface area (Å²) in [6.45, 7) is 1.73. The topological polar surface area (TPSA) is 96.3 Å². The normalized spacial score (nSPS) is 11.6. The maximum atomic E-state index is 6.02. The van der Waals surface area contributed by atoms with Crippen molar-refractivity contribution in [2.24, 2.45) is 0 Å². The molecule has 7 heteroatoms. The van der Waals surface area contributed by atoms with Gasteiger partial charge in [-0.1, -0.05) is 23.7 Å². The first-order valence-corrected chi connectivity index (χ1v) is 6.58. The largest absolute Gasteiger partial charge is 0.383 e. The van der Waals surface area contributed by atoms with E-state index in [0.717, 1.165) is 5.56 Å². The van der Waals surface area contributed by atoms with Crippen LogP contribution in [0.15, 0.2) is 24.3 Å². The highest BCUT2D eigenvalue weighted by Gasteiger charge is 2.33. The molecule has 0 amide bonds. The molecule has 0 fully saturated rings. The van der Waals surface area contributed by atoms with Crippen LogP contribution in [0, 0.1) is 0 Å². The SMILES string of the molecule is COC(C)(OC)c1nc(N)nc(N)c1-c1ccc(Cl)cc1. The zero-order chi connectivity index (χ0) is 15.6. The summed E-state index contributed by atoms with van der Waals surface area (Å²) in [5.74, 6) is -0.791. The maximum absolute atomic E-state index is 6.02. The van der Waals surface area contributed by atoms with Crippen molar-refractivity contribution in [3.63, 3.8) is 0 Å². The standard InChI is InChI=1S/C14H17ClN4O2/c1-14(20-2,21-3)11-10(12(16)19-13(17)18-11)8-4-6-9(15)7-5-8/h4-7H,1-3H3,(H4,16,17,18,19). The van der Waals surface area contributed by atoms with Crippen LogP contribution in [0.1, 0.15) is 12.6 Å². The van der Waals surface area contributed by atoms with Gasteiger partial charge >= 0.3 is 0 Å². The fourth-order valence-electron chi connectivity index (χ4n) is 2.00. The highest BCUT2D eigenvalue weighted by molar-refractivity contribution is 6.30. The predicted octanol–water partition coefficient (Wildman–Crippen LogP) is 2.43. The summed E-state index contributed by atoms with van der Waals surface area (Å²) in [6, 6.07) is 7.16. The fourth-order valence-corrected chi connectivity index (χ4v) is 2.13. The number of methoxy groups -OCH3 is 2. The average molecular weight is 309 g/mol. The Hall–Kier alpha value is -1.89. The molecular formula is C14H17ClN4O2. The number of ether oxygens (including phenoxy) is 2. The van der Waals surface area contributed by atoms with Gasteiger partial charge < -0.3 is 20.9 Å². The van der Waals surface area contributed by atoms with Crippen molar-refractivity contribution in [2.75, 3.05) is 25.7 Å². The summed E-state index contributed by atoms with van der Waals surface area (Å²) in [5, 5.41) is 0.622. The summed E-state index contributed by atoms with van der Waals surface area (Å²) < 4.78 is 10.8. The average Bonchev–Trinajstić information content (AvgIpc) is 2.47. The molecule has 0 aliphatic rings. The molecule has 21 heavy (non-hydrogen) atoms. The Bertz CT molecular complexity index is 642. The molecule has 2 rings (SSSR count). The second-order valence-corrected chi connectivity index (χ2v) is 4.99. The van der Waals surface area contributed by atoms with Crippen LogP contribution in [0.25, 0.3) is 11.1 Å². The van der Waals surface area contributed by atoms with Gasteiger partial charge in [0.1, 0.15) is 11.5 Å². The van der Waals surface area contributed by atoms with Gasteiger partial charge in [-0.15, -0.1) is 0 Å². The smallest absolute Gasteiger partial charge is 0.222 e. The zero-order valence-electron chi connectivity index (χ0n) is 12.1. The molecule has 0 unspecified atom stereocenters. The summed E-state index contributed by atoms with van der Waals surface area (Å²) in [4.78, 5) is 8.27. The van der Waals surface area contributed by atoms with Crippen molar-refractivity contribution >= 4 is 23.4 Å². The number of hydrogen-bond acceptors (Lipinski definition) is 6. The van der Waals surface area contributed by atoms with Crippen LogP contribution in [0.5, 0.6) is 0 Å². The molecule has 112 valence electrons. The molecular weight excluding hydrogens is 292 g/mol. The van der Waals surface area contributed by atoms with E-state index in [2.05, 4.69) is 9.97 Å². The third-order valence-corrected chi connectivity index (χ3v) is 3.55. The summed E-state index contributed by atoms with van der Waals surface area (Å²) in [5.41, 5.74) is 13.6. The number of aromatic nitrogens is 2. The van der Waals surface area contributed by atoms with Gasteiger partial charge in [-0.2, -0.15) is 4.98 Å². The number of anilines is 2. The molecule has 0 radical (unpaired) electrons. The number of benzene rings is 1. The van der Waals surface area contributed by atoms with E-state index in [0.29, 0.717) is 16.3 Å². The minimum atomic E-state index is -1.10. The summed E-state index contributed by atoms with van der Waals surface area (Å²) in [6.07, 6.45) is 0.